The summed E-state index contributed by atoms with van der Waals surface area (Å²) in [6.45, 7) is 0.831. The van der Waals surface area contributed by atoms with Crippen molar-refractivity contribution in [2.75, 3.05) is 34.9 Å². The topological polar surface area (TPSA) is 43.7 Å². The maximum atomic E-state index is 14.0. The molecule has 23 heavy (non-hydrogen) atoms. The predicted octanol–water partition coefficient (Wildman–Crippen LogP) is 2.15. The van der Waals surface area contributed by atoms with Crippen LogP contribution in [0, 0.1) is 5.82 Å². The molecule has 0 unspecified atom stereocenters. The number of esters is 1. The van der Waals surface area contributed by atoms with E-state index in [1.165, 1.54) is 20.3 Å². The number of aromatic nitrogens is 1. The van der Waals surface area contributed by atoms with Gasteiger partial charge in [-0.05, 0) is 25.7 Å². The molecule has 126 valence electrons. The number of rotatable bonds is 6. The van der Waals surface area contributed by atoms with Gasteiger partial charge in [0.1, 0.15) is 0 Å². The lowest BCUT2D eigenvalue weighted by Gasteiger charge is -2.12. The third kappa shape index (κ3) is 3.47. The van der Waals surface area contributed by atoms with E-state index in [0.717, 1.165) is 35.1 Å². The van der Waals surface area contributed by atoms with Crippen LogP contribution in [0.5, 0.6) is 5.75 Å². The first-order valence-electron chi connectivity index (χ1n) is 7.44. The molecule has 5 nitrogen and oxygen atoms in total. The highest BCUT2D eigenvalue weighted by molar-refractivity contribution is 5.90. The first kappa shape index (κ1) is 17.3. The second kappa shape index (κ2) is 7.00. The summed E-state index contributed by atoms with van der Waals surface area (Å²) in [7, 11) is 8.67. The van der Waals surface area contributed by atoms with Crippen molar-refractivity contribution < 1.29 is 18.7 Å². The molecule has 0 amide bonds. The fourth-order valence-electron chi connectivity index (χ4n) is 2.78. The van der Waals surface area contributed by atoms with Gasteiger partial charge in [-0.3, -0.25) is 4.79 Å². The number of aryl methyl sites for hydroxylation is 1. The summed E-state index contributed by atoms with van der Waals surface area (Å²) in [5.41, 5.74) is 2.62. The lowest BCUT2D eigenvalue weighted by Crippen LogP contribution is -2.17. The zero-order valence-corrected chi connectivity index (χ0v) is 14.3. The molecule has 0 aliphatic carbocycles. The van der Waals surface area contributed by atoms with E-state index >= 15 is 0 Å². The van der Waals surface area contributed by atoms with Crippen molar-refractivity contribution in [3.8, 4) is 5.75 Å². The Morgan fingerprint density at radius 2 is 2.00 bits per heavy atom. The van der Waals surface area contributed by atoms with E-state index in [1.54, 1.807) is 6.07 Å². The Labute approximate surface area is 135 Å². The zero-order valence-electron chi connectivity index (χ0n) is 14.3. The van der Waals surface area contributed by atoms with Crippen molar-refractivity contribution >= 4 is 16.9 Å². The number of carbonyl (C=O) groups is 1. The third-order valence-electron chi connectivity index (χ3n) is 4.05. The van der Waals surface area contributed by atoms with Gasteiger partial charge in [-0.25, -0.2) is 4.39 Å². The minimum atomic E-state index is -0.413. The van der Waals surface area contributed by atoms with Crippen molar-refractivity contribution in [2.45, 2.75) is 12.8 Å². The van der Waals surface area contributed by atoms with Crippen molar-refractivity contribution in [1.29, 1.82) is 0 Å². The van der Waals surface area contributed by atoms with Gasteiger partial charge in [-0.1, -0.05) is 0 Å². The van der Waals surface area contributed by atoms with Gasteiger partial charge in [0.2, 0.25) is 0 Å². The summed E-state index contributed by atoms with van der Waals surface area (Å²) < 4.78 is 25.9. The minimum Gasteiger partial charge on any atom is -0.494 e. The number of hydrogen-bond acceptors (Lipinski definition) is 4. The number of nitrogens with zero attached hydrogens (tertiary/aromatic N) is 2. The first-order valence-corrected chi connectivity index (χ1v) is 7.44. The normalized spacial score (nSPS) is 11.3. The van der Waals surface area contributed by atoms with Gasteiger partial charge >= 0.3 is 5.97 Å². The first-order chi connectivity index (χ1) is 10.9. The summed E-state index contributed by atoms with van der Waals surface area (Å²) in [4.78, 5) is 13.9. The molecule has 6 heteroatoms. The number of hydrogen-bond donors (Lipinski definition) is 0. The molecule has 0 saturated carbocycles. The maximum absolute atomic E-state index is 14.0. The van der Waals surface area contributed by atoms with Crippen LogP contribution >= 0.6 is 0 Å². The molecule has 0 atom stereocenters. The summed E-state index contributed by atoms with van der Waals surface area (Å²) >= 11 is 0. The van der Waals surface area contributed by atoms with Gasteiger partial charge in [0.25, 0.3) is 0 Å². The molecule has 0 radical (unpaired) electrons. The van der Waals surface area contributed by atoms with Crippen LogP contribution < -0.4 is 4.74 Å². The third-order valence-corrected chi connectivity index (χ3v) is 4.05. The molecule has 1 aromatic carbocycles. The molecule has 0 N–H and O–H groups in total. The molecular formula is C17H23FN2O3. The average Bonchev–Trinajstić information content (AvgIpc) is 2.76. The van der Waals surface area contributed by atoms with Crippen LogP contribution in [0.2, 0.25) is 0 Å². The molecule has 0 aliphatic heterocycles. The van der Waals surface area contributed by atoms with Crippen LogP contribution in [-0.4, -0.2) is 50.3 Å². The smallest absolute Gasteiger partial charge is 0.310 e. The molecule has 2 rings (SSSR count). The highest BCUT2D eigenvalue weighted by Crippen LogP contribution is 2.32. The van der Waals surface area contributed by atoms with Crippen molar-refractivity contribution in [2.24, 2.45) is 7.05 Å². The molecule has 2 aromatic rings. The largest absolute Gasteiger partial charge is 0.494 e. The lowest BCUT2D eigenvalue weighted by molar-refractivity contribution is -0.139. The highest BCUT2D eigenvalue weighted by Gasteiger charge is 2.20. The SMILES string of the molecule is COC(=O)Cc1c(CCN(C)C)n(C)c2cc(F)c(OC)cc12. The van der Waals surface area contributed by atoms with Crippen LogP contribution in [0.4, 0.5) is 4.39 Å². The summed E-state index contributed by atoms with van der Waals surface area (Å²) in [5, 5.41) is 0.824. The molecule has 0 spiro atoms. The summed E-state index contributed by atoms with van der Waals surface area (Å²) in [6.07, 6.45) is 0.916. The number of halogens is 1. The van der Waals surface area contributed by atoms with Gasteiger partial charge in [0.05, 0.1) is 26.2 Å². The van der Waals surface area contributed by atoms with E-state index in [1.807, 2.05) is 25.7 Å². The molecule has 1 aromatic heterocycles. The van der Waals surface area contributed by atoms with E-state index in [0.29, 0.717) is 0 Å². The second-order valence-electron chi connectivity index (χ2n) is 5.79. The fraction of sp³-hybridized carbons (Fsp3) is 0.471. The number of methoxy groups -OCH3 is 2. The molecule has 0 aliphatic rings. The van der Waals surface area contributed by atoms with Gasteiger partial charge < -0.3 is 18.9 Å². The lowest BCUT2D eigenvalue weighted by atomic mass is 10.1. The fourth-order valence-corrected chi connectivity index (χ4v) is 2.78. The second-order valence-corrected chi connectivity index (χ2v) is 5.79. The van der Waals surface area contributed by atoms with E-state index in [2.05, 4.69) is 4.90 Å². The van der Waals surface area contributed by atoms with Gasteiger partial charge in [0.15, 0.2) is 11.6 Å². The molecule has 0 bridgehead atoms. The maximum Gasteiger partial charge on any atom is 0.310 e. The number of carbonyl (C=O) groups excluding carboxylic acids is 1. The Balaban J connectivity index is 2.62. The molecule has 1 heterocycles. The quantitative estimate of drug-likeness (QED) is 0.765. The Hall–Kier alpha value is -2.08. The molecule has 0 saturated heterocycles. The Morgan fingerprint density at radius 3 is 2.57 bits per heavy atom. The Kier molecular flexibility index (Phi) is 5.26. The predicted molar refractivity (Wildman–Crippen MR) is 87.4 cm³/mol. The number of likely N-dealkylation sites (N-methyl/N-ethyl adjacent to an activating group) is 1. The standard InChI is InChI=1S/C17H23FN2O3/c1-19(2)7-6-14-12(9-17(21)23-5)11-8-16(22-4)13(18)10-15(11)20(14)3/h8,10H,6-7,9H2,1-5H3. The Morgan fingerprint density at radius 1 is 1.30 bits per heavy atom. The van der Waals surface area contributed by atoms with Crippen molar-refractivity contribution in [3.05, 3.63) is 29.2 Å². The van der Waals surface area contributed by atoms with Crippen LogP contribution in [0.1, 0.15) is 11.3 Å². The number of fused-ring (bicyclic) bond motifs is 1. The number of ether oxygens (including phenoxy) is 2. The van der Waals surface area contributed by atoms with Crippen LogP contribution in [0.3, 0.4) is 0 Å². The summed E-state index contributed by atoms with van der Waals surface area (Å²) in [5.74, 6) is -0.551. The van der Waals surface area contributed by atoms with Gasteiger partial charge in [-0.15, -0.1) is 0 Å². The van der Waals surface area contributed by atoms with E-state index in [4.69, 9.17) is 9.47 Å². The van der Waals surface area contributed by atoms with E-state index in [-0.39, 0.29) is 18.1 Å². The van der Waals surface area contributed by atoms with E-state index in [9.17, 15) is 9.18 Å². The monoisotopic (exact) mass is 322 g/mol. The number of benzene rings is 1. The zero-order chi connectivity index (χ0) is 17.1. The molecular weight excluding hydrogens is 299 g/mol. The van der Waals surface area contributed by atoms with Crippen molar-refractivity contribution in [1.82, 2.24) is 9.47 Å². The van der Waals surface area contributed by atoms with E-state index < -0.39 is 5.82 Å². The summed E-state index contributed by atoms with van der Waals surface area (Å²) in [6, 6.07) is 3.11. The average molecular weight is 322 g/mol. The van der Waals surface area contributed by atoms with Gasteiger partial charge in [-0.2, -0.15) is 0 Å². The van der Waals surface area contributed by atoms with Crippen LogP contribution in [0.15, 0.2) is 12.1 Å². The van der Waals surface area contributed by atoms with Crippen molar-refractivity contribution in [3.63, 3.8) is 0 Å². The Bertz CT molecular complexity index is 722. The molecule has 0 fully saturated rings. The highest BCUT2D eigenvalue weighted by atomic mass is 19.1. The van der Waals surface area contributed by atoms with Crippen LogP contribution in [0.25, 0.3) is 10.9 Å². The minimum absolute atomic E-state index is 0.158. The van der Waals surface area contributed by atoms with Gasteiger partial charge in [0, 0.05) is 37.2 Å². The van der Waals surface area contributed by atoms with Crippen LogP contribution in [-0.2, 0) is 29.4 Å².